The van der Waals surface area contributed by atoms with Gasteiger partial charge in [0.2, 0.25) is 0 Å². The van der Waals surface area contributed by atoms with Gasteiger partial charge >= 0.3 is 0 Å². The molecule has 0 radical (unpaired) electrons. The number of fused-ring (bicyclic) bond motifs is 2. The standard InChI is InChI=1S/C56H41N3S/c60-50-32-20-31-46(40-50)59(56-53-35-18-16-33-51(53)55(41-21-6-1-7-22-41)52-34-17-19-36-54(52)56)49-38-47(57(42-23-8-2-9-24-42)43-25-10-3-11-26-43)37-48(39-49)58(44-27-12-4-13-28-44)45-29-14-5-15-30-45/h1-40,60H. The van der Waals surface area contributed by atoms with Crippen molar-refractivity contribution in [3.8, 4) is 11.1 Å². The molecule has 60 heavy (non-hydrogen) atoms. The molecule has 0 aromatic heterocycles. The van der Waals surface area contributed by atoms with Crippen LogP contribution in [0.25, 0.3) is 32.7 Å². The zero-order valence-corrected chi connectivity index (χ0v) is 33.8. The van der Waals surface area contributed by atoms with Crippen molar-refractivity contribution in [3.63, 3.8) is 0 Å². The molecule has 3 nitrogen and oxygen atoms in total. The van der Waals surface area contributed by atoms with E-state index in [9.17, 15) is 0 Å². The Balaban J connectivity index is 1.34. The van der Waals surface area contributed by atoms with E-state index in [-0.39, 0.29) is 0 Å². The van der Waals surface area contributed by atoms with Crippen LogP contribution >= 0.6 is 12.6 Å². The van der Waals surface area contributed by atoms with Crippen molar-refractivity contribution in [2.45, 2.75) is 4.90 Å². The molecule has 0 bridgehead atoms. The van der Waals surface area contributed by atoms with E-state index in [1.54, 1.807) is 0 Å². The number of hydrogen-bond donors (Lipinski definition) is 1. The summed E-state index contributed by atoms with van der Waals surface area (Å²) in [5.74, 6) is 0. The topological polar surface area (TPSA) is 9.72 Å². The van der Waals surface area contributed by atoms with Gasteiger partial charge < -0.3 is 14.7 Å². The van der Waals surface area contributed by atoms with Gasteiger partial charge in [-0.25, -0.2) is 0 Å². The van der Waals surface area contributed by atoms with Crippen LogP contribution in [0.4, 0.5) is 51.2 Å². The average molecular weight is 788 g/mol. The van der Waals surface area contributed by atoms with Crippen LogP contribution in [0.1, 0.15) is 0 Å². The molecule has 0 aliphatic carbocycles. The summed E-state index contributed by atoms with van der Waals surface area (Å²) in [4.78, 5) is 8.02. The van der Waals surface area contributed by atoms with Crippen molar-refractivity contribution in [1.82, 2.24) is 0 Å². The fourth-order valence-electron chi connectivity index (χ4n) is 8.47. The first-order valence-corrected chi connectivity index (χ1v) is 20.7. The highest BCUT2D eigenvalue weighted by atomic mass is 32.1. The fraction of sp³-hybridized carbons (Fsp3) is 0. The molecule has 0 aliphatic heterocycles. The van der Waals surface area contributed by atoms with Crippen molar-refractivity contribution >= 4 is 85.4 Å². The summed E-state index contributed by atoms with van der Waals surface area (Å²) in [6.45, 7) is 0. The molecular formula is C56H41N3S. The first-order chi connectivity index (χ1) is 29.7. The zero-order valence-electron chi connectivity index (χ0n) is 32.9. The molecule has 0 amide bonds. The molecule has 10 aromatic carbocycles. The third-order valence-corrected chi connectivity index (χ3v) is 11.3. The summed E-state index contributed by atoms with van der Waals surface area (Å²) in [6, 6.07) is 86.5. The van der Waals surface area contributed by atoms with Gasteiger partial charge in [-0.1, -0.05) is 158 Å². The molecule has 0 saturated carbocycles. The maximum absolute atomic E-state index is 4.94. The van der Waals surface area contributed by atoms with Crippen molar-refractivity contribution < 1.29 is 0 Å². The molecule has 0 aliphatic rings. The van der Waals surface area contributed by atoms with Crippen molar-refractivity contribution in [3.05, 3.63) is 243 Å². The summed E-state index contributed by atoms with van der Waals surface area (Å²) in [5, 5.41) is 4.67. The Morgan fingerprint density at radius 3 is 0.983 bits per heavy atom. The lowest BCUT2D eigenvalue weighted by molar-refractivity contribution is 1.22. The van der Waals surface area contributed by atoms with Crippen LogP contribution in [0.2, 0.25) is 0 Å². The normalized spacial score (nSPS) is 11.1. The van der Waals surface area contributed by atoms with E-state index in [0.717, 1.165) is 66.9 Å². The summed E-state index contributed by atoms with van der Waals surface area (Å²) >= 11 is 4.94. The van der Waals surface area contributed by atoms with Gasteiger partial charge in [-0.15, -0.1) is 12.6 Å². The first kappa shape index (κ1) is 36.8. The van der Waals surface area contributed by atoms with Gasteiger partial charge in [0.1, 0.15) is 0 Å². The van der Waals surface area contributed by atoms with E-state index in [1.807, 2.05) is 6.07 Å². The first-order valence-electron chi connectivity index (χ1n) is 20.2. The Hall–Kier alpha value is -7.53. The quantitative estimate of drug-likeness (QED) is 0.109. The summed E-state index contributed by atoms with van der Waals surface area (Å²) in [5.41, 5.74) is 11.8. The molecule has 10 aromatic rings. The minimum absolute atomic E-state index is 0.883. The number of benzene rings is 10. The highest BCUT2D eigenvalue weighted by Crippen LogP contribution is 2.51. The van der Waals surface area contributed by atoms with Gasteiger partial charge in [-0.05, 0) is 107 Å². The van der Waals surface area contributed by atoms with Crippen molar-refractivity contribution in [2.24, 2.45) is 0 Å². The molecule has 286 valence electrons. The average Bonchev–Trinajstić information content (AvgIpc) is 3.31. The second kappa shape index (κ2) is 16.4. The number of hydrogen-bond acceptors (Lipinski definition) is 4. The highest BCUT2D eigenvalue weighted by Gasteiger charge is 2.26. The van der Waals surface area contributed by atoms with E-state index >= 15 is 0 Å². The number of thiol groups is 1. The Morgan fingerprint density at radius 2 is 0.583 bits per heavy atom. The van der Waals surface area contributed by atoms with Crippen LogP contribution in [0.5, 0.6) is 0 Å². The van der Waals surface area contributed by atoms with Gasteiger partial charge in [0.15, 0.2) is 0 Å². The van der Waals surface area contributed by atoms with Crippen LogP contribution in [0.3, 0.4) is 0 Å². The maximum Gasteiger partial charge on any atom is 0.0618 e. The van der Waals surface area contributed by atoms with Gasteiger partial charge in [0.25, 0.3) is 0 Å². The maximum atomic E-state index is 4.94. The third-order valence-electron chi connectivity index (χ3n) is 11.0. The molecule has 0 saturated heterocycles. The lowest BCUT2D eigenvalue weighted by atomic mass is 9.90. The Morgan fingerprint density at radius 1 is 0.250 bits per heavy atom. The number of para-hydroxylation sites is 4. The number of nitrogens with zero attached hydrogens (tertiary/aromatic N) is 3. The molecular weight excluding hydrogens is 747 g/mol. The zero-order chi connectivity index (χ0) is 40.3. The lowest BCUT2D eigenvalue weighted by Crippen LogP contribution is -2.16. The molecule has 0 N–H and O–H groups in total. The van der Waals surface area contributed by atoms with Gasteiger partial charge in [0, 0.05) is 44.1 Å². The predicted octanol–water partition coefficient (Wildman–Crippen LogP) is 16.4. The number of rotatable bonds is 10. The molecule has 0 heterocycles. The molecule has 10 rings (SSSR count). The molecule has 0 atom stereocenters. The Labute approximate surface area is 357 Å². The van der Waals surface area contributed by atoms with Gasteiger partial charge in [-0.3, -0.25) is 0 Å². The SMILES string of the molecule is Sc1cccc(N(c2cc(N(c3ccccc3)c3ccccc3)cc(N(c3ccccc3)c3ccccc3)c2)c2c3ccccc3c(-c3ccccc3)c3ccccc23)c1. The van der Waals surface area contributed by atoms with Crippen LogP contribution in [0.15, 0.2) is 248 Å². The van der Waals surface area contributed by atoms with Gasteiger partial charge in [0.05, 0.1) is 22.7 Å². The second-order valence-electron chi connectivity index (χ2n) is 14.8. The minimum Gasteiger partial charge on any atom is -0.310 e. The molecule has 0 spiro atoms. The Bertz CT molecular complexity index is 2810. The summed E-state index contributed by atoms with van der Waals surface area (Å²) < 4.78 is 0. The van der Waals surface area contributed by atoms with E-state index in [4.69, 9.17) is 12.6 Å². The lowest BCUT2D eigenvalue weighted by Gasteiger charge is -2.34. The van der Waals surface area contributed by atoms with E-state index < -0.39 is 0 Å². The smallest absolute Gasteiger partial charge is 0.0618 e. The largest absolute Gasteiger partial charge is 0.310 e. The van der Waals surface area contributed by atoms with Crippen molar-refractivity contribution in [2.75, 3.05) is 14.7 Å². The third kappa shape index (κ3) is 7.04. The van der Waals surface area contributed by atoms with Crippen LogP contribution in [-0.2, 0) is 0 Å². The summed E-state index contributed by atoms with van der Waals surface area (Å²) in [7, 11) is 0. The molecule has 0 fully saturated rings. The highest BCUT2D eigenvalue weighted by molar-refractivity contribution is 7.80. The van der Waals surface area contributed by atoms with E-state index in [1.165, 1.54) is 21.9 Å². The van der Waals surface area contributed by atoms with Crippen LogP contribution in [-0.4, -0.2) is 0 Å². The monoisotopic (exact) mass is 787 g/mol. The molecule has 4 heteroatoms. The predicted molar refractivity (Wildman–Crippen MR) is 258 cm³/mol. The van der Waals surface area contributed by atoms with E-state index in [2.05, 4.69) is 251 Å². The summed E-state index contributed by atoms with van der Waals surface area (Å²) in [6.07, 6.45) is 0. The number of anilines is 9. The van der Waals surface area contributed by atoms with Crippen LogP contribution in [0, 0.1) is 0 Å². The fourth-order valence-corrected chi connectivity index (χ4v) is 8.69. The van der Waals surface area contributed by atoms with E-state index in [0.29, 0.717) is 0 Å². The minimum atomic E-state index is 0.883. The van der Waals surface area contributed by atoms with Gasteiger partial charge in [-0.2, -0.15) is 0 Å². The second-order valence-corrected chi connectivity index (χ2v) is 15.3. The Kier molecular flexibility index (Phi) is 10.0. The van der Waals surface area contributed by atoms with Crippen LogP contribution < -0.4 is 14.7 Å². The molecule has 0 unspecified atom stereocenters. The van der Waals surface area contributed by atoms with Crippen molar-refractivity contribution in [1.29, 1.82) is 0 Å².